The van der Waals surface area contributed by atoms with E-state index in [9.17, 15) is 4.79 Å². The Morgan fingerprint density at radius 3 is 2.36 bits per heavy atom. The molecule has 0 unspecified atom stereocenters. The Kier molecular flexibility index (Phi) is 5.37. The zero-order valence-corrected chi connectivity index (χ0v) is 13.3. The van der Waals surface area contributed by atoms with Crippen LogP contribution in [0.1, 0.15) is 15.2 Å². The van der Waals surface area contributed by atoms with E-state index in [1.165, 1.54) is 32.7 Å². The summed E-state index contributed by atoms with van der Waals surface area (Å²) in [6, 6.07) is 6.95. The van der Waals surface area contributed by atoms with Gasteiger partial charge in [0, 0.05) is 10.4 Å². The lowest BCUT2D eigenvalue weighted by Gasteiger charge is -2.13. The van der Waals surface area contributed by atoms with Gasteiger partial charge in [0.2, 0.25) is 5.75 Å². The van der Waals surface area contributed by atoms with Crippen LogP contribution in [0.2, 0.25) is 0 Å². The van der Waals surface area contributed by atoms with Crippen molar-refractivity contribution in [1.29, 1.82) is 0 Å². The topological polar surface area (TPSA) is 69.2 Å². The summed E-state index contributed by atoms with van der Waals surface area (Å²) in [5.41, 5.74) is 2.82. The third-order valence-electron chi connectivity index (χ3n) is 2.83. The van der Waals surface area contributed by atoms with Crippen LogP contribution in [0.3, 0.4) is 0 Å². The van der Waals surface area contributed by atoms with Gasteiger partial charge in [-0.05, 0) is 23.6 Å². The van der Waals surface area contributed by atoms with Crippen molar-refractivity contribution >= 4 is 23.5 Å². The summed E-state index contributed by atoms with van der Waals surface area (Å²) in [5, 5.41) is 5.85. The number of ether oxygens (including phenoxy) is 3. The van der Waals surface area contributed by atoms with Gasteiger partial charge >= 0.3 is 0 Å². The number of nitrogens with zero attached hydrogens (tertiary/aromatic N) is 1. The van der Waals surface area contributed by atoms with Crippen LogP contribution in [0.15, 0.2) is 34.7 Å². The van der Waals surface area contributed by atoms with Crippen LogP contribution in [0, 0.1) is 0 Å². The second kappa shape index (κ2) is 7.46. The predicted molar refractivity (Wildman–Crippen MR) is 85.5 cm³/mol. The molecule has 1 aromatic carbocycles. The summed E-state index contributed by atoms with van der Waals surface area (Å²) in [7, 11) is 4.49. The second-order valence-electron chi connectivity index (χ2n) is 4.13. The van der Waals surface area contributed by atoms with Gasteiger partial charge in [-0.3, -0.25) is 4.79 Å². The van der Waals surface area contributed by atoms with Crippen LogP contribution in [-0.4, -0.2) is 33.5 Å². The van der Waals surface area contributed by atoms with E-state index < -0.39 is 0 Å². The van der Waals surface area contributed by atoms with Crippen LogP contribution >= 0.6 is 11.3 Å². The molecule has 0 radical (unpaired) electrons. The van der Waals surface area contributed by atoms with Crippen LogP contribution in [0.4, 0.5) is 0 Å². The minimum absolute atomic E-state index is 0.359. The number of amides is 1. The monoisotopic (exact) mass is 320 g/mol. The minimum Gasteiger partial charge on any atom is -0.493 e. The third-order valence-corrected chi connectivity index (χ3v) is 3.63. The molecule has 2 aromatic rings. The van der Waals surface area contributed by atoms with Crippen molar-refractivity contribution < 1.29 is 19.0 Å². The molecule has 0 aliphatic carbocycles. The van der Waals surface area contributed by atoms with Gasteiger partial charge in [-0.15, -0.1) is 11.3 Å². The van der Waals surface area contributed by atoms with Gasteiger partial charge in [-0.1, -0.05) is 6.07 Å². The fraction of sp³-hybridized carbons (Fsp3) is 0.200. The maximum Gasteiger partial charge on any atom is 0.271 e. The average Bonchev–Trinajstić information content (AvgIpc) is 3.06. The van der Waals surface area contributed by atoms with E-state index in [4.69, 9.17) is 14.2 Å². The molecule has 0 aliphatic rings. The van der Waals surface area contributed by atoms with Gasteiger partial charge in [-0.2, -0.15) is 5.10 Å². The first-order valence-corrected chi connectivity index (χ1v) is 7.24. The fourth-order valence-corrected chi connectivity index (χ4v) is 2.38. The van der Waals surface area contributed by atoms with Crippen molar-refractivity contribution in [3.05, 3.63) is 40.1 Å². The van der Waals surface area contributed by atoms with Crippen molar-refractivity contribution in [3.8, 4) is 17.2 Å². The largest absolute Gasteiger partial charge is 0.493 e. The van der Waals surface area contributed by atoms with Gasteiger partial charge in [0.25, 0.3) is 5.91 Å². The lowest BCUT2D eigenvalue weighted by molar-refractivity contribution is 0.0954. The molecule has 7 heteroatoms. The molecule has 1 N–H and O–H groups in total. The van der Waals surface area contributed by atoms with Crippen molar-refractivity contribution in [2.24, 2.45) is 5.10 Å². The predicted octanol–water partition coefficient (Wildman–Crippen LogP) is 2.54. The normalized spacial score (nSPS) is 10.5. The first-order chi connectivity index (χ1) is 10.7. The molecular formula is C15H16N2O4S. The molecule has 6 nitrogen and oxygen atoms in total. The number of nitrogens with one attached hydrogen (secondary N) is 1. The van der Waals surface area contributed by atoms with Crippen LogP contribution in [0.5, 0.6) is 17.2 Å². The zero-order valence-electron chi connectivity index (χ0n) is 12.5. The van der Waals surface area contributed by atoms with Gasteiger partial charge in [0.05, 0.1) is 27.5 Å². The highest BCUT2D eigenvalue weighted by Crippen LogP contribution is 2.38. The Morgan fingerprint density at radius 1 is 1.18 bits per heavy atom. The highest BCUT2D eigenvalue weighted by atomic mass is 32.1. The van der Waals surface area contributed by atoms with E-state index in [-0.39, 0.29) is 5.91 Å². The fourth-order valence-electron chi connectivity index (χ4n) is 1.80. The zero-order chi connectivity index (χ0) is 15.9. The number of hydrazone groups is 1. The number of hydrogen-bond donors (Lipinski definition) is 1. The first kappa shape index (κ1) is 15.8. The number of benzene rings is 1. The van der Waals surface area contributed by atoms with Crippen molar-refractivity contribution in [2.45, 2.75) is 0 Å². The van der Waals surface area contributed by atoms with Crippen molar-refractivity contribution in [1.82, 2.24) is 5.43 Å². The summed E-state index contributed by atoms with van der Waals surface area (Å²) < 4.78 is 15.6. The molecule has 0 atom stereocenters. The molecule has 0 saturated heterocycles. The van der Waals surface area contributed by atoms with Crippen LogP contribution < -0.4 is 19.6 Å². The van der Waals surface area contributed by atoms with E-state index in [2.05, 4.69) is 10.5 Å². The standard InChI is InChI=1S/C15H16N2O4S/c1-19-12-7-10(8-13(20-2)14(12)21-3)15(18)17-16-9-11-5-4-6-22-11/h4-9H,1-3H3,(H,17,18). The number of carbonyl (C=O) groups excluding carboxylic acids is 1. The third kappa shape index (κ3) is 3.56. The summed E-state index contributed by atoms with van der Waals surface area (Å²) in [4.78, 5) is 13.1. The van der Waals surface area contributed by atoms with E-state index in [1.54, 1.807) is 18.3 Å². The Hall–Kier alpha value is -2.54. The molecule has 0 aliphatic heterocycles. The number of carbonyl (C=O) groups is 1. The molecule has 0 saturated carbocycles. The number of methoxy groups -OCH3 is 3. The van der Waals surface area contributed by atoms with Crippen LogP contribution in [-0.2, 0) is 0 Å². The van der Waals surface area contributed by atoms with E-state index in [0.29, 0.717) is 22.8 Å². The highest BCUT2D eigenvalue weighted by Gasteiger charge is 2.16. The molecule has 0 spiro atoms. The van der Waals surface area contributed by atoms with Gasteiger partial charge in [0.1, 0.15) is 0 Å². The molecule has 0 bridgehead atoms. The summed E-state index contributed by atoms with van der Waals surface area (Å²) in [5.74, 6) is 0.888. The molecule has 2 rings (SSSR count). The average molecular weight is 320 g/mol. The number of thiophene rings is 1. The first-order valence-electron chi connectivity index (χ1n) is 6.36. The Morgan fingerprint density at radius 2 is 1.86 bits per heavy atom. The quantitative estimate of drug-likeness (QED) is 0.656. The van der Waals surface area contributed by atoms with Gasteiger partial charge in [-0.25, -0.2) is 5.43 Å². The molecule has 0 fully saturated rings. The van der Waals surface area contributed by atoms with E-state index in [0.717, 1.165) is 4.88 Å². The van der Waals surface area contributed by atoms with E-state index >= 15 is 0 Å². The summed E-state index contributed by atoms with van der Waals surface area (Å²) in [6.07, 6.45) is 1.58. The van der Waals surface area contributed by atoms with Gasteiger partial charge in [0.15, 0.2) is 11.5 Å². The molecule has 1 heterocycles. The Labute approximate surface area is 132 Å². The second-order valence-corrected chi connectivity index (χ2v) is 5.11. The molecule has 1 amide bonds. The molecule has 22 heavy (non-hydrogen) atoms. The maximum atomic E-state index is 12.1. The lowest BCUT2D eigenvalue weighted by atomic mass is 10.1. The number of hydrogen-bond acceptors (Lipinski definition) is 6. The molecule has 116 valence electrons. The summed E-state index contributed by atoms with van der Waals surface area (Å²) >= 11 is 1.53. The van der Waals surface area contributed by atoms with Crippen LogP contribution in [0.25, 0.3) is 0 Å². The Bertz CT molecular complexity index is 643. The van der Waals surface area contributed by atoms with Crippen molar-refractivity contribution in [2.75, 3.05) is 21.3 Å². The maximum absolute atomic E-state index is 12.1. The van der Waals surface area contributed by atoms with Crippen molar-refractivity contribution in [3.63, 3.8) is 0 Å². The van der Waals surface area contributed by atoms with Gasteiger partial charge < -0.3 is 14.2 Å². The molecule has 1 aromatic heterocycles. The SMILES string of the molecule is COc1cc(C(=O)NN=Cc2cccs2)cc(OC)c1OC. The smallest absolute Gasteiger partial charge is 0.271 e. The highest BCUT2D eigenvalue weighted by molar-refractivity contribution is 7.11. The summed E-state index contributed by atoms with van der Waals surface area (Å²) in [6.45, 7) is 0. The van der Waals surface area contributed by atoms with E-state index in [1.807, 2.05) is 17.5 Å². The lowest BCUT2D eigenvalue weighted by Crippen LogP contribution is -2.17. The Balaban J connectivity index is 2.18. The molecular weight excluding hydrogens is 304 g/mol. The number of rotatable bonds is 6. The minimum atomic E-state index is -0.368.